The second-order valence-electron chi connectivity index (χ2n) is 15.7. The molecule has 0 aromatic heterocycles. The second kappa shape index (κ2) is 16.0. The minimum atomic E-state index is -1.23. The van der Waals surface area contributed by atoms with Gasteiger partial charge in [0, 0.05) is 51.5 Å². The van der Waals surface area contributed by atoms with Gasteiger partial charge in [0.05, 0.1) is 23.2 Å². The SMILES string of the molecule is Cc1cc(C=NCC(C)(C)N=Cc2cc(C(C)(C)C)cc(C(C)(C)C)c2O)c(O)c(C(C)(C)C)c1.O=C(O)c1ccccc1C(=O)O.[Co]. The van der Waals surface area contributed by atoms with Gasteiger partial charge in [-0.1, -0.05) is 86.6 Å². The molecular formula is C39H52CoN2O6. The summed E-state index contributed by atoms with van der Waals surface area (Å²) in [5.74, 6) is -1.89. The molecule has 0 aliphatic carbocycles. The number of carboxylic acids is 2. The van der Waals surface area contributed by atoms with Crippen molar-refractivity contribution < 1.29 is 46.8 Å². The van der Waals surface area contributed by atoms with Crippen LogP contribution in [0.15, 0.2) is 58.5 Å². The summed E-state index contributed by atoms with van der Waals surface area (Å²) in [7, 11) is 0. The van der Waals surface area contributed by atoms with E-state index in [4.69, 9.17) is 15.2 Å². The maximum atomic E-state index is 11.0. The number of carboxylic acid groups (broad SMARTS) is 2. The zero-order chi connectivity index (χ0) is 36.1. The first kappa shape index (κ1) is 42.1. The van der Waals surface area contributed by atoms with Gasteiger partial charge in [0.15, 0.2) is 0 Å². The van der Waals surface area contributed by atoms with Crippen LogP contribution in [0, 0.1) is 6.92 Å². The molecule has 0 saturated carbocycles. The van der Waals surface area contributed by atoms with Crippen molar-refractivity contribution in [2.24, 2.45) is 9.98 Å². The number of nitrogens with zero attached hydrogens (tertiary/aromatic N) is 2. The van der Waals surface area contributed by atoms with Gasteiger partial charge in [-0.05, 0) is 72.4 Å². The monoisotopic (exact) mass is 703 g/mol. The van der Waals surface area contributed by atoms with Crippen LogP contribution in [0.2, 0.25) is 0 Å². The number of aromatic carboxylic acids is 2. The van der Waals surface area contributed by atoms with Crippen LogP contribution >= 0.6 is 0 Å². The Bertz CT molecular complexity index is 1640. The number of phenols is 2. The standard InChI is InChI=1S/C31H46N2O2.C8H6O4.Co/c1-20-13-21(26(34)24(14-20)29(5,6)7)17-32-19-31(11,12)33-18-22-15-23(28(2,3)4)16-25(27(22)35)30(8,9)10;9-7(10)5-3-1-2-4-6(5)8(11)12;/h13-18,34-35H,19H2,1-12H3;1-4H,(H,9,10)(H,11,12);. The molecule has 0 fully saturated rings. The summed E-state index contributed by atoms with van der Waals surface area (Å²) < 4.78 is 0. The molecule has 0 bridgehead atoms. The first-order valence-corrected chi connectivity index (χ1v) is 15.7. The summed E-state index contributed by atoms with van der Waals surface area (Å²) >= 11 is 0. The summed E-state index contributed by atoms with van der Waals surface area (Å²) in [6.45, 7) is 25.7. The van der Waals surface area contributed by atoms with Crippen molar-refractivity contribution in [3.05, 3.63) is 93.0 Å². The Morgan fingerprint density at radius 3 is 1.52 bits per heavy atom. The van der Waals surface area contributed by atoms with Gasteiger partial charge in [-0.25, -0.2) is 9.59 Å². The van der Waals surface area contributed by atoms with Crippen LogP contribution in [0.3, 0.4) is 0 Å². The van der Waals surface area contributed by atoms with Gasteiger partial charge in [-0.3, -0.25) is 9.98 Å². The number of aromatic hydroxyl groups is 2. The topological polar surface area (TPSA) is 140 Å². The van der Waals surface area contributed by atoms with Gasteiger partial charge >= 0.3 is 11.9 Å². The van der Waals surface area contributed by atoms with Crippen molar-refractivity contribution >= 4 is 24.4 Å². The van der Waals surface area contributed by atoms with Crippen LogP contribution in [0.25, 0.3) is 0 Å². The Morgan fingerprint density at radius 1 is 0.667 bits per heavy atom. The van der Waals surface area contributed by atoms with E-state index in [0.717, 1.165) is 27.8 Å². The first-order chi connectivity index (χ1) is 21.3. The van der Waals surface area contributed by atoms with E-state index in [1.807, 2.05) is 39.0 Å². The summed E-state index contributed by atoms with van der Waals surface area (Å²) in [5.41, 5.74) is 4.31. The van der Waals surface area contributed by atoms with Crippen molar-refractivity contribution in [2.75, 3.05) is 6.54 Å². The van der Waals surface area contributed by atoms with Crippen LogP contribution in [0.1, 0.15) is 130 Å². The fraction of sp³-hybridized carbons (Fsp3) is 0.436. The number of rotatable bonds is 7. The van der Waals surface area contributed by atoms with Gasteiger partial charge in [0.25, 0.3) is 0 Å². The number of hydrogen-bond acceptors (Lipinski definition) is 6. The van der Waals surface area contributed by atoms with Gasteiger partial charge in [0.1, 0.15) is 11.5 Å². The molecule has 3 aromatic carbocycles. The quantitative estimate of drug-likeness (QED) is 0.182. The molecule has 0 aliphatic heterocycles. The van der Waals surface area contributed by atoms with E-state index in [-0.39, 0.29) is 55.6 Å². The molecule has 3 aromatic rings. The molecule has 0 unspecified atom stereocenters. The van der Waals surface area contributed by atoms with Crippen LogP contribution in [-0.4, -0.2) is 56.9 Å². The zero-order valence-electron chi connectivity index (χ0n) is 30.3. The van der Waals surface area contributed by atoms with Gasteiger partial charge in [-0.2, -0.15) is 0 Å². The smallest absolute Gasteiger partial charge is 0.336 e. The van der Waals surface area contributed by atoms with Crippen molar-refractivity contribution in [1.29, 1.82) is 0 Å². The molecule has 0 amide bonds. The predicted molar refractivity (Wildman–Crippen MR) is 192 cm³/mol. The third-order valence-electron chi connectivity index (χ3n) is 7.55. The molecule has 0 heterocycles. The second-order valence-corrected chi connectivity index (χ2v) is 15.7. The average Bonchev–Trinajstić information content (AvgIpc) is 2.92. The van der Waals surface area contributed by atoms with E-state index in [1.54, 1.807) is 12.4 Å². The summed E-state index contributed by atoms with van der Waals surface area (Å²) in [5, 5.41) is 38.9. The Hall–Kier alpha value is -3.95. The molecule has 0 atom stereocenters. The minimum absolute atomic E-state index is 0. The van der Waals surface area contributed by atoms with E-state index in [0.29, 0.717) is 6.54 Å². The number of hydrogen-bond donors (Lipinski definition) is 4. The number of carbonyl (C=O) groups is 2. The third-order valence-corrected chi connectivity index (χ3v) is 7.55. The van der Waals surface area contributed by atoms with E-state index >= 15 is 0 Å². The molecule has 4 N–H and O–H groups in total. The summed E-state index contributed by atoms with van der Waals surface area (Å²) in [4.78, 5) is 30.4. The molecule has 3 rings (SSSR count). The Morgan fingerprint density at radius 2 is 1.10 bits per heavy atom. The van der Waals surface area contributed by atoms with E-state index in [1.165, 1.54) is 29.8 Å². The minimum Gasteiger partial charge on any atom is -0.507 e. The first-order valence-electron chi connectivity index (χ1n) is 15.7. The molecule has 263 valence electrons. The molecule has 1 radical (unpaired) electrons. The zero-order valence-corrected chi connectivity index (χ0v) is 31.4. The van der Waals surface area contributed by atoms with Crippen LogP contribution in [0.5, 0.6) is 11.5 Å². The summed E-state index contributed by atoms with van der Waals surface area (Å²) in [6, 6.07) is 13.6. The molecular weight excluding hydrogens is 651 g/mol. The molecule has 0 aliphatic rings. The molecule has 0 saturated heterocycles. The van der Waals surface area contributed by atoms with E-state index in [2.05, 4.69) is 73.4 Å². The predicted octanol–water partition coefficient (Wildman–Crippen LogP) is 8.70. The van der Waals surface area contributed by atoms with Crippen molar-refractivity contribution in [2.45, 2.75) is 105 Å². The fourth-order valence-electron chi connectivity index (χ4n) is 4.75. The Balaban J connectivity index is 0.000000745. The fourth-order valence-corrected chi connectivity index (χ4v) is 4.75. The molecule has 0 spiro atoms. The Kier molecular flexibility index (Phi) is 14.0. The molecule has 8 nitrogen and oxygen atoms in total. The van der Waals surface area contributed by atoms with Gasteiger partial charge in [0.2, 0.25) is 0 Å². The maximum absolute atomic E-state index is 11.0. The third kappa shape index (κ3) is 11.6. The maximum Gasteiger partial charge on any atom is 0.336 e. The largest absolute Gasteiger partial charge is 0.507 e. The number of aliphatic imine (C=N–C) groups is 2. The van der Waals surface area contributed by atoms with E-state index in [9.17, 15) is 19.8 Å². The summed E-state index contributed by atoms with van der Waals surface area (Å²) in [6.07, 6.45) is 3.52. The van der Waals surface area contributed by atoms with Crippen LogP contribution in [-0.2, 0) is 33.0 Å². The normalized spacial score (nSPS) is 12.4. The Labute approximate surface area is 296 Å². The van der Waals surface area contributed by atoms with Crippen LogP contribution < -0.4 is 0 Å². The number of benzene rings is 3. The van der Waals surface area contributed by atoms with Gasteiger partial charge < -0.3 is 20.4 Å². The van der Waals surface area contributed by atoms with E-state index < -0.39 is 17.5 Å². The average molecular weight is 704 g/mol. The molecule has 48 heavy (non-hydrogen) atoms. The van der Waals surface area contributed by atoms with Crippen molar-refractivity contribution in [1.82, 2.24) is 0 Å². The molecule has 9 heteroatoms. The van der Waals surface area contributed by atoms with Crippen molar-refractivity contribution in [3.63, 3.8) is 0 Å². The van der Waals surface area contributed by atoms with Gasteiger partial charge in [-0.15, -0.1) is 0 Å². The number of aryl methyl sites for hydroxylation is 1. The van der Waals surface area contributed by atoms with Crippen molar-refractivity contribution in [3.8, 4) is 11.5 Å². The number of phenolic OH excluding ortho intramolecular Hbond substituents is 2. The van der Waals surface area contributed by atoms with Crippen LogP contribution in [0.4, 0.5) is 0 Å².